The monoisotopic (exact) mass is 401 g/mol. The lowest BCUT2D eigenvalue weighted by molar-refractivity contribution is -0.139. The first-order valence-corrected chi connectivity index (χ1v) is 9.34. The predicted octanol–water partition coefficient (Wildman–Crippen LogP) is 6.57. The molecule has 0 spiro atoms. The zero-order valence-corrected chi connectivity index (χ0v) is 16.4. The molecule has 3 aromatic rings. The van der Waals surface area contributed by atoms with Crippen molar-refractivity contribution < 1.29 is 17.9 Å². The van der Waals surface area contributed by atoms with E-state index in [1.54, 1.807) is 35.2 Å². The first-order chi connectivity index (χ1) is 13.8. The standard InChI is InChI=1S/C22H22F3N3O/c1-4-28(19-13-9-8-12-17(19)15(2)3)21-26-14-18(22(23,24)25)20(27-21)29-16-10-6-5-7-11-16/h5-15H,4H2,1-3H3. The van der Waals surface area contributed by atoms with Crippen LogP contribution in [0.25, 0.3) is 0 Å². The molecule has 0 aliphatic carbocycles. The lowest BCUT2D eigenvalue weighted by Gasteiger charge is -2.26. The van der Waals surface area contributed by atoms with Gasteiger partial charge in [-0.2, -0.15) is 18.2 Å². The summed E-state index contributed by atoms with van der Waals surface area (Å²) in [7, 11) is 0. The summed E-state index contributed by atoms with van der Waals surface area (Å²) >= 11 is 0. The van der Waals surface area contributed by atoms with Crippen LogP contribution in [0.4, 0.5) is 24.8 Å². The normalized spacial score (nSPS) is 11.6. The Bertz CT molecular complexity index is 959. The van der Waals surface area contributed by atoms with Gasteiger partial charge in [0.1, 0.15) is 11.3 Å². The molecule has 4 nitrogen and oxygen atoms in total. The van der Waals surface area contributed by atoms with Crippen LogP contribution in [-0.2, 0) is 6.18 Å². The third kappa shape index (κ3) is 4.67. The van der Waals surface area contributed by atoms with Crippen LogP contribution in [0.2, 0.25) is 0 Å². The highest BCUT2D eigenvalue weighted by Crippen LogP contribution is 2.38. The van der Waals surface area contributed by atoms with Crippen molar-refractivity contribution in [1.82, 2.24) is 9.97 Å². The number of rotatable bonds is 6. The Morgan fingerprint density at radius 1 is 1.00 bits per heavy atom. The van der Waals surface area contributed by atoms with E-state index < -0.39 is 17.6 Å². The summed E-state index contributed by atoms with van der Waals surface area (Å²) in [6.07, 6.45) is -3.85. The molecule has 1 heterocycles. The Morgan fingerprint density at radius 2 is 1.66 bits per heavy atom. The molecule has 0 atom stereocenters. The van der Waals surface area contributed by atoms with Gasteiger partial charge in [0, 0.05) is 18.4 Å². The van der Waals surface area contributed by atoms with Crippen molar-refractivity contribution >= 4 is 11.6 Å². The van der Waals surface area contributed by atoms with Crippen molar-refractivity contribution in [2.24, 2.45) is 0 Å². The lowest BCUT2D eigenvalue weighted by atomic mass is 10.0. The first-order valence-electron chi connectivity index (χ1n) is 9.34. The number of hydrogen-bond donors (Lipinski definition) is 0. The Hall–Kier alpha value is -3.09. The zero-order chi connectivity index (χ0) is 21.0. The van der Waals surface area contributed by atoms with Crippen LogP contribution < -0.4 is 9.64 Å². The second-order valence-electron chi connectivity index (χ2n) is 6.76. The van der Waals surface area contributed by atoms with E-state index in [0.717, 1.165) is 17.4 Å². The van der Waals surface area contributed by atoms with Crippen molar-refractivity contribution in [3.05, 3.63) is 71.9 Å². The minimum Gasteiger partial charge on any atom is -0.438 e. The number of alkyl halides is 3. The van der Waals surface area contributed by atoms with Crippen molar-refractivity contribution in [2.75, 3.05) is 11.4 Å². The van der Waals surface area contributed by atoms with Crippen LogP contribution in [0.3, 0.4) is 0 Å². The van der Waals surface area contributed by atoms with Crippen LogP contribution in [0.15, 0.2) is 60.8 Å². The second kappa shape index (κ2) is 8.51. The summed E-state index contributed by atoms with van der Waals surface area (Å²) in [6.45, 7) is 6.50. The van der Waals surface area contributed by atoms with Crippen LogP contribution in [0.1, 0.15) is 37.8 Å². The predicted molar refractivity (Wildman–Crippen MR) is 107 cm³/mol. The average Bonchev–Trinajstić information content (AvgIpc) is 2.69. The quantitative estimate of drug-likeness (QED) is 0.468. The van der Waals surface area contributed by atoms with Gasteiger partial charge in [-0.05, 0) is 36.6 Å². The first kappa shape index (κ1) is 20.6. The Morgan fingerprint density at radius 3 is 2.28 bits per heavy atom. The molecule has 0 saturated carbocycles. The largest absolute Gasteiger partial charge is 0.438 e. The van der Waals surface area contributed by atoms with Gasteiger partial charge in [-0.1, -0.05) is 50.2 Å². The minimum absolute atomic E-state index is 0.152. The maximum atomic E-state index is 13.5. The van der Waals surface area contributed by atoms with Crippen LogP contribution in [0, 0.1) is 0 Å². The molecule has 0 amide bonds. The minimum atomic E-state index is -4.63. The summed E-state index contributed by atoms with van der Waals surface area (Å²) in [5.74, 6) is 0.136. The van der Waals surface area contributed by atoms with Crippen LogP contribution in [0.5, 0.6) is 11.6 Å². The third-order valence-corrected chi connectivity index (χ3v) is 4.41. The molecule has 152 valence electrons. The van der Waals surface area contributed by atoms with Gasteiger partial charge < -0.3 is 9.64 Å². The summed E-state index contributed by atoms with van der Waals surface area (Å²) in [5.41, 5.74) is 0.900. The topological polar surface area (TPSA) is 38.2 Å². The van der Waals surface area contributed by atoms with Gasteiger partial charge in [0.15, 0.2) is 0 Å². The van der Waals surface area contributed by atoms with E-state index in [-0.39, 0.29) is 17.6 Å². The van der Waals surface area contributed by atoms with Gasteiger partial charge in [0.05, 0.1) is 0 Å². The van der Waals surface area contributed by atoms with Gasteiger partial charge in [-0.25, -0.2) is 4.98 Å². The van der Waals surface area contributed by atoms with E-state index in [9.17, 15) is 13.2 Å². The van der Waals surface area contributed by atoms with E-state index in [4.69, 9.17) is 4.74 Å². The molecule has 3 rings (SSSR count). The molecule has 0 N–H and O–H groups in total. The molecule has 29 heavy (non-hydrogen) atoms. The molecule has 0 radical (unpaired) electrons. The summed E-state index contributed by atoms with van der Waals surface area (Å²) in [5, 5.41) is 0. The van der Waals surface area contributed by atoms with E-state index in [1.165, 1.54) is 0 Å². The molecular weight excluding hydrogens is 379 g/mol. The molecule has 1 aromatic heterocycles. The molecule has 7 heteroatoms. The van der Waals surface area contributed by atoms with Crippen molar-refractivity contribution in [2.45, 2.75) is 32.9 Å². The smallest absolute Gasteiger partial charge is 0.423 e. The molecule has 0 fully saturated rings. The van der Waals surface area contributed by atoms with Gasteiger partial charge >= 0.3 is 6.18 Å². The summed E-state index contributed by atoms with van der Waals surface area (Å²) in [4.78, 5) is 9.95. The number of halogens is 3. The lowest BCUT2D eigenvalue weighted by Crippen LogP contribution is -2.22. The molecule has 0 bridgehead atoms. The molecule has 0 saturated heterocycles. The maximum Gasteiger partial charge on any atom is 0.423 e. The Labute approximate surface area is 168 Å². The number of nitrogens with zero attached hydrogens (tertiary/aromatic N) is 3. The Balaban J connectivity index is 2.09. The summed E-state index contributed by atoms with van der Waals surface area (Å²) in [6, 6.07) is 16.0. The fourth-order valence-electron chi connectivity index (χ4n) is 3.00. The number of benzene rings is 2. The fraction of sp³-hybridized carbons (Fsp3) is 0.273. The van der Waals surface area contributed by atoms with E-state index in [0.29, 0.717) is 6.54 Å². The highest BCUT2D eigenvalue weighted by atomic mass is 19.4. The molecule has 0 unspecified atom stereocenters. The molecule has 2 aromatic carbocycles. The van der Waals surface area contributed by atoms with Crippen molar-refractivity contribution in [3.8, 4) is 11.6 Å². The molecular formula is C22H22F3N3O. The van der Waals surface area contributed by atoms with Gasteiger partial charge in [0.2, 0.25) is 11.8 Å². The molecule has 0 aliphatic rings. The zero-order valence-electron chi connectivity index (χ0n) is 16.4. The summed E-state index contributed by atoms with van der Waals surface area (Å²) < 4.78 is 45.9. The number of para-hydroxylation sites is 2. The van der Waals surface area contributed by atoms with Gasteiger partial charge in [-0.15, -0.1) is 0 Å². The number of aromatic nitrogens is 2. The SMILES string of the molecule is CCN(c1ncc(C(F)(F)F)c(Oc2ccccc2)n1)c1ccccc1C(C)C. The number of hydrogen-bond acceptors (Lipinski definition) is 4. The van der Waals surface area contributed by atoms with Gasteiger partial charge in [-0.3, -0.25) is 0 Å². The van der Waals surface area contributed by atoms with E-state index in [2.05, 4.69) is 23.8 Å². The number of ether oxygens (including phenoxy) is 1. The average molecular weight is 401 g/mol. The van der Waals surface area contributed by atoms with Crippen LogP contribution in [-0.4, -0.2) is 16.5 Å². The fourth-order valence-corrected chi connectivity index (χ4v) is 3.00. The van der Waals surface area contributed by atoms with E-state index in [1.807, 2.05) is 31.2 Å². The van der Waals surface area contributed by atoms with Crippen molar-refractivity contribution in [3.63, 3.8) is 0 Å². The second-order valence-corrected chi connectivity index (χ2v) is 6.76. The highest BCUT2D eigenvalue weighted by molar-refractivity contribution is 5.63. The van der Waals surface area contributed by atoms with Crippen LogP contribution >= 0.6 is 0 Å². The van der Waals surface area contributed by atoms with Gasteiger partial charge in [0.25, 0.3) is 0 Å². The molecule has 0 aliphatic heterocycles. The van der Waals surface area contributed by atoms with Crippen molar-refractivity contribution in [1.29, 1.82) is 0 Å². The number of anilines is 2. The van der Waals surface area contributed by atoms with E-state index >= 15 is 0 Å². The maximum absolute atomic E-state index is 13.5. The third-order valence-electron chi connectivity index (χ3n) is 4.41. The Kier molecular flexibility index (Phi) is 6.06. The highest BCUT2D eigenvalue weighted by Gasteiger charge is 2.37.